The Hall–Kier alpha value is -1.22. The minimum Gasteiger partial charge on any atom is -0.497 e. The number of methoxy groups -OCH3 is 2. The van der Waals surface area contributed by atoms with Crippen LogP contribution in [-0.4, -0.2) is 21.3 Å². The lowest BCUT2D eigenvalue weighted by Crippen LogP contribution is -2.17. The van der Waals surface area contributed by atoms with E-state index in [1.807, 2.05) is 19.2 Å². The van der Waals surface area contributed by atoms with Gasteiger partial charge in [-0.15, -0.1) is 0 Å². The maximum absolute atomic E-state index is 5.45. The Labute approximate surface area is 109 Å². The van der Waals surface area contributed by atoms with Crippen molar-refractivity contribution in [3.63, 3.8) is 0 Å². The summed E-state index contributed by atoms with van der Waals surface area (Å²) in [5.74, 6) is 2.78. The summed E-state index contributed by atoms with van der Waals surface area (Å²) in [6, 6.07) is 6.34. The summed E-state index contributed by atoms with van der Waals surface area (Å²) in [6.45, 7) is 0. The van der Waals surface area contributed by atoms with Crippen molar-refractivity contribution in [1.29, 1.82) is 0 Å². The van der Waals surface area contributed by atoms with Gasteiger partial charge in [0.05, 0.1) is 14.2 Å². The quantitative estimate of drug-likeness (QED) is 0.805. The average molecular weight is 249 g/mol. The molecular weight excluding hydrogens is 226 g/mol. The zero-order chi connectivity index (χ0) is 13.0. The van der Waals surface area contributed by atoms with Crippen LogP contribution >= 0.6 is 0 Å². The van der Waals surface area contributed by atoms with E-state index >= 15 is 0 Å². The van der Waals surface area contributed by atoms with Gasteiger partial charge in [-0.25, -0.2) is 0 Å². The molecule has 3 heteroatoms. The Morgan fingerprint density at radius 2 is 2.06 bits per heavy atom. The monoisotopic (exact) mass is 249 g/mol. The van der Waals surface area contributed by atoms with E-state index in [-0.39, 0.29) is 0 Å². The number of hydrogen-bond acceptors (Lipinski definition) is 3. The molecule has 1 aliphatic carbocycles. The van der Waals surface area contributed by atoms with E-state index in [4.69, 9.17) is 9.47 Å². The highest BCUT2D eigenvalue weighted by molar-refractivity contribution is 5.42. The molecule has 1 saturated carbocycles. The van der Waals surface area contributed by atoms with Crippen LogP contribution in [0.2, 0.25) is 0 Å². The summed E-state index contributed by atoms with van der Waals surface area (Å²) >= 11 is 0. The van der Waals surface area contributed by atoms with Crippen LogP contribution < -0.4 is 14.8 Å². The fourth-order valence-corrected chi connectivity index (χ4v) is 2.38. The van der Waals surface area contributed by atoms with Gasteiger partial charge in [0.15, 0.2) is 0 Å². The first-order valence-corrected chi connectivity index (χ1v) is 6.67. The van der Waals surface area contributed by atoms with Gasteiger partial charge in [0, 0.05) is 11.6 Å². The minimum absolute atomic E-state index is 0.343. The third-order valence-electron chi connectivity index (χ3n) is 3.72. The number of nitrogens with one attached hydrogen (secondary N) is 1. The molecule has 0 spiro atoms. The highest BCUT2D eigenvalue weighted by Crippen LogP contribution is 2.38. The zero-order valence-electron chi connectivity index (χ0n) is 11.5. The van der Waals surface area contributed by atoms with E-state index in [9.17, 15) is 0 Å². The molecule has 0 bridgehead atoms. The lowest BCUT2D eigenvalue weighted by atomic mass is 9.99. The molecule has 1 aromatic carbocycles. The largest absolute Gasteiger partial charge is 0.497 e. The third kappa shape index (κ3) is 3.16. The summed E-state index contributed by atoms with van der Waals surface area (Å²) < 4.78 is 10.8. The first-order valence-electron chi connectivity index (χ1n) is 6.67. The van der Waals surface area contributed by atoms with Crippen molar-refractivity contribution in [2.24, 2.45) is 5.92 Å². The zero-order valence-corrected chi connectivity index (χ0v) is 11.5. The number of ether oxygens (including phenoxy) is 2. The second-order valence-corrected chi connectivity index (χ2v) is 4.97. The summed E-state index contributed by atoms with van der Waals surface area (Å²) in [5.41, 5.74) is 1.19. The molecule has 1 fully saturated rings. The molecule has 0 heterocycles. The molecule has 0 amide bonds. The molecular formula is C15H23NO2. The van der Waals surface area contributed by atoms with E-state index in [0.29, 0.717) is 6.04 Å². The Morgan fingerprint density at radius 3 is 2.61 bits per heavy atom. The summed E-state index contributed by atoms with van der Waals surface area (Å²) in [4.78, 5) is 0. The summed E-state index contributed by atoms with van der Waals surface area (Å²) in [5, 5.41) is 3.39. The lowest BCUT2D eigenvalue weighted by molar-refractivity contribution is 0.387. The number of hydrogen-bond donors (Lipinski definition) is 1. The average Bonchev–Trinajstić information content (AvgIpc) is 3.23. The van der Waals surface area contributed by atoms with Gasteiger partial charge in [0.1, 0.15) is 11.5 Å². The van der Waals surface area contributed by atoms with E-state index in [1.54, 1.807) is 14.2 Å². The normalized spacial score (nSPS) is 16.4. The number of rotatable bonds is 7. The second-order valence-electron chi connectivity index (χ2n) is 4.97. The van der Waals surface area contributed by atoms with Crippen molar-refractivity contribution in [1.82, 2.24) is 5.32 Å². The molecule has 2 rings (SSSR count). The molecule has 1 aromatic rings. The predicted octanol–water partition coefficient (Wildman–Crippen LogP) is 3.15. The number of benzene rings is 1. The second kappa shape index (κ2) is 6.10. The van der Waals surface area contributed by atoms with E-state index < -0.39 is 0 Å². The van der Waals surface area contributed by atoms with Crippen molar-refractivity contribution >= 4 is 0 Å². The van der Waals surface area contributed by atoms with Crippen LogP contribution in [0.3, 0.4) is 0 Å². The van der Waals surface area contributed by atoms with Crippen molar-refractivity contribution < 1.29 is 9.47 Å². The standard InChI is InChI=1S/C15H23NO2/c1-16-14(8-6-11-4-5-11)13-10-12(17-2)7-9-15(13)18-3/h7,9-11,14,16H,4-6,8H2,1-3H3. The van der Waals surface area contributed by atoms with E-state index in [0.717, 1.165) is 23.8 Å². The van der Waals surface area contributed by atoms with Crippen molar-refractivity contribution in [3.05, 3.63) is 23.8 Å². The topological polar surface area (TPSA) is 30.5 Å². The van der Waals surface area contributed by atoms with Gasteiger partial charge < -0.3 is 14.8 Å². The van der Waals surface area contributed by atoms with Gasteiger partial charge in [0.25, 0.3) is 0 Å². The smallest absolute Gasteiger partial charge is 0.123 e. The van der Waals surface area contributed by atoms with Crippen LogP contribution in [0, 0.1) is 5.92 Å². The van der Waals surface area contributed by atoms with Gasteiger partial charge in [-0.05, 0) is 44.0 Å². The van der Waals surface area contributed by atoms with Gasteiger partial charge in [-0.1, -0.05) is 12.8 Å². The Morgan fingerprint density at radius 1 is 1.28 bits per heavy atom. The molecule has 1 atom stereocenters. The highest BCUT2D eigenvalue weighted by atomic mass is 16.5. The molecule has 1 aliphatic rings. The fraction of sp³-hybridized carbons (Fsp3) is 0.600. The highest BCUT2D eigenvalue weighted by Gasteiger charge is 2.23. The van der Waals surface area contributed by atoms with Crippen LogP contribution in [0.5, 0.6) is 11.5 Å². The Bertz CT molecular complexity index is 388. The molecule has 1 unspecified atom stereocenters. The van der Waals surface area contributed by atoms with Crippen molar-refractivity contribution in [2.75, 3.05) is 21.3 Å². The molecule has 0 saturated heterocycles. The van der Waals surface area contributed by atoms with E-state index in [1.165, 1.54) is 24.8 Å². The predicted molar refractivity (Wildman–Crippen MR) is 73.3 cm³/mol. The fourth-order valence-electron chi connectivity index (χ4n) is 2.38. The molecule has 18 heavy (non-hydrogen) atoms. The first-order chi connectivity index (χ1) is 8.78. The molecule has 100 valence electrons. The maximum Gasteiger partial charge on any atom is 0.123 e. The molecule has 1 N–H and O–H groups in total. The van der Waals surface area contributed by atoms with Crippen molar-refractivity contribution in [3.8, 4) is 11.5 Å². The van der Waals surface area contributed by atoms with Crippen LogP contribution in [0.1, 0.15) is 37.3 Å². The molecule has 0 aliphatic heterocycles. The first kappa shape index (κ1) is 13.2. The third-order valence-corrected chi connectivity index (χ3v) is 3.72. The Balaban J connectivity index is 2.14. The van der Waals surface area contributed by atoms with Gasteiger partial charge in [0.2, 0.25) is 0 Å². The minimum atomic E-state index is 0.343. The van der Waals surface area contributed by atoms with Crippen LogP contribution in [-0.2, 0) is 0 Å². The lowest BCUT2D eigenvalue weighted by Gasteiger charge is -2.20. The molecule has 0 aromatic heterocycles. The van der Waals surface area contributed by atoms with Crippen molar-refractivity contribution in [2.45, 2.75) is 31.7 Å². The molecule has 0 radical (unpaired) electrons. The van der Waals surface area contributed by atoms with Gasteiger partial charge in [-0.2, -0.15) is 0 Å². The van der Waals surface area contributed by atoms with Gasteiger partial charge in [-0.3, -0.25) is 0 Å². The summed E-state index contributed by atoms with van der Waals surface area (Å²) in [6.07, 6.45) is 5.27. The summed E-state index contributed by atoms with van der Waals surface area (Å²) in [7, 11) is 5.43. The van der Waals surface area contributed by atoms with Gasteiger partial charge >= 0.3 is 0 Å². The maximum atomic E-state index is 5.45. The Kier molecular flexibility index (Phi) is 4.48. The van der Waals surface area contributed by atoms with Crippen LogP contribution in [0.15, 0.2) is 18.2 Å². The SMILES string of the molecule is CNC(CCC1CC1)c1cc(OC)ccc1OC. The van der Waals surface area contributed by atoms with E-state index in [2.05, 4.69) is 11.4 Å². The van der Waals surface area contributed by atoms with Crippen LogP contribution in [0.25, 0.3) is 0 Å². The van der Waals surface area contributed by atoms with Crippen LogP contribution in [0.4, 0.5) is 0 Å². The molecule has 3 nitrogen and oxygen atoms in total.